The van der Waals surface area contributed by atoms with Crippen molar-refractivity contribution in [3.63, 3.8) is 0 Å². The molecule has 0 aliphatic carbocycles. The molecule has 4 aromatic rings. The van der Waals surface area contributed by atoms with E-state index in [2.05, 4.69) is 14.7 Å². The van der Waals surface area contributed by atoms with Crippen LogP contribution in [-0.4, -0.2) is 28.8 Å². The van der Waals surface area contributed by atoms with Crippen LogP contribution in [0.2, 0.25) is 0 Å². The number of methoxy groups -OCH3 is 1. The van der Waals surface area contributed by atoms with Crippen molar-refractivity contribution in [1.82, 2.24) is 9.97 Å². The molecule has 5 nitrogen and oxygen atoms in total. The Morgan fingerprint density at radius 2 is 1.89 bits per heavy atom. The molecule has 0 spiro atoms. The predicted octanol–water partition coefficient (Wildman–Crippen LogP) is 4.23. The molecule has 0 aliphatic rings. The number of hydrogen-bond donors (Lipinski definition) is 1. The van der Waals surface area contributed by atoms with Gasteiger partial charge in [-0.25, -0.2) is 9.78 Å². The van der Waals surface area contributed by atoms with Gasteiger partial charge in [-0.3, -0.25) is 4.79 Å². The number of hydrogen-bond acceptors (Lipinski definition) is 5. The van der Waals surface area contributed by atoms with Crippen molar-refractivity contribution >= 4 is 34.0 Å². The maximum Gasteiger partial charge on any atom is 0.357 e. The molecule has 0 radical (unpaired) electrons. The van der Waals surface area contributed by atoms with E-state index in [1.807, 2.05) is 48.5 Å². The van der Waals surface area contributed by atoms with Gasteiger partial charge >= 0.3 is 5.97 Å². The highest BCUT2D eigenvalue weighted by Crippen LogP contribution is 2.22. The van der Waals surface area contributed by atoms with Gasteiger partial charge in [0.2, 0.25) is 0 Å². The summed E-state index contributed by atoms with van der Waals surface area (Å²) in [6.07, 6.45) is 2.36. The molecule has 1 N–H and O–H groups in total. The number of carbonyl (C=O) groups is 2. The van der Waals surface area contributed by atoms with E-state index in [1.54, 1.807) is 11.6 Å². The van der Waals surface area contributed by atoms with Gasteiger partial charge in [0.1, 0.15) is 0 Å². The number of para-hydroxylation sites is 1. The summed E-state index contributed by atoms with van der Waals surface area (Å²) in [5.74, 6) is -0.446. The second-order valence-corrected chi connectivity index (χ2v) is 7.01. The van der Waals surface area contributed by atoms with Gasteiger partial charge in [-0.2, -0.15) is 0 Å². The molecule has 0 amide bonds. The topological polar surface area (TPSA) is 72.1 Å². The lowest BCUT2D eigenvalue weighted by atomic mass is 10.0. The standard InChI is InChI=1S/C21H16N2O3S/c1-26-21(25)18-12-27-19(23-18)10-13-6-8-14(9-7-13)20(24)16-11-22-17-5-3-2-4-15(16)17/h2-9,11-12,22H,10H2,1H3. The number of rotatable bonds is 5. The lowest BCUT2D eigenvalue weighted by Gasteiger charge is -2.03. The van der Waals surface area contributed by atoms with Gasteiger partial charge in [-0.1, -0.05) is 42.5 Å². The summed E-state index contributed by atoms with van der Waals surface area (Å²) >= 11 is 1.42. The molecule has 0 saturated carbocycles. The Morgan fingerprint density at radius 3 is 2.67 bits per heavy atom. The first-order valence-corrected chi connectivity index (χ1v) is 9.26. The van der Waals surface area contributed by atoms with E-state index in [0.717, 1.165) is 21.5 Å². The average molecular weight is 376 g/mol. The first-order chi connectivity index (χ1) is 13.2. The molecule has 4 rings (SSSR count). The lowest BCUT2D eigenvalue weighted by molar-refractivity contribution is 0.0594. The maximum atomic E-state index is 12.8. The van der Waals surface area contributed by atoms with Crippen molar-refractivity contribution in [1.29, 1.82) is 0 Å². The summed E-state index contributed by atoms with van der Waals surface area (Å²) in [7, 11) is 1.34. The van der Waals surface area contributed by atoms with Crippen LogP contribution in [0.1, 0.15) is 37.0 Å². The zero-order valence-electron chi connectivity index (χ0n) is 14.6. The number of aromatic nitrogens is 2. The Hall–Kier alpha value is -3.25. The van der Waals surface area contributed by atoms with E-state index >= 15 is 0 Å². The highest BCUT2D eigenvalue weighted by molar-refractivity contribution is 7.09. The average Bonchev–Trinajstić information content (AvgIpc) is 3.34. The zero-order valence-corrected chi connectivity index (χ0v) is 15.4. The third kappa shape index (κ3) is 3.39. The van der Waals surface area contributed by atoms with Crippen LogP contribution in [0.15, 0.2) is 60.1 Å². The first-order valence-electron chi connectivity index (χ1n) is 8.38. The number of ketones is 1. The molecule has 0 bridgehead atoms. The smallest absolute Gasteiger partial charge is 0.357 e. The van der Waals surface area contributed by atoms with Crippen LogP contribution in [0, 0.1) is 0 Å². The van der Waals surface area contributed by atoms with Crippen LogP contribution in [0.3, 0.4) is 0 Å². The predicted molar refractivity (Wildman–Crippen MR) is 104 cm³/mol. The van der Waals surface area contributed by atoms with Gasteiger partial charge in [0.15, 0.2) is 11.5 Å². The molecule has 0 saturated heterocycles. The highest BCUT2D eigenvalue weighted by atomic mass is 32.1. The van der Waals surface area contributed by atoms with Crippen LogP contribution in [-0.2, 0) is 11.2 Å². The summed E-state index contributed by atoms with van der Waals surface area (Å²) in [6, 6.07) is 15.2. The second kappa shape index (κ2) is 7.17. The molecular weight excluding hydrogens is 360 g/mol. The van der Waals surface area contributed by atoms with Crippen LogP contribution in [0.5, 0.6) is 0 Å². The number of fused-ring (bicyclic) bond motifs is 1. The van der Waals surface area contributed by atoms with Crippen LogP contribution < -0.4 is 0 Å². The number of nitrogens with one attached hydrogen (secondary N) is 1. The number of esters is 1. The maximum absolute atomic E-state index is 12.8. The summed E-state index contributed by atoms with van der Waals surface area (Å²) < 4.78 is 4.67. The Kier molecular flexibility index (Phi) is 4.56. The first kappa shape index (κ1) is 17.2. The third-order valence-electron chi connectivity index (χ3n) is 4.35. The summed E-state index contributed by atoms with van der Waals surface area (Å²) in [4.78, 5) is 31.7. The molecule has 6 heteroatoms. The number of H-pyrrole nitrogens is 1. The van der Waals surface area contributed by atoms with Crippen molar-refractivity contribution in [2.45, 2.75) is 6.42 Å². The number of benzene rings is 2. The summed E-state index contributed by atoms with van der Waals surface area (Å²) in [6.45, 7) is 0. The summed E-state index contributed by atoms with van der Waals surface area (Å²) in [5.41, 5.74) is 3.60. The summed E-state index contributed by atoms with van der Waals surface area (Å²) in [5, 5.41) is 3.44. The highest BCUT2D eigenvalue weighted by Gasteiger charge is 2.14. The van der Waals surface area contributed by atoms with E-state index < -0.39 is 5.97 Å². The molecule has 0 unspecified atom stereocenters. The fraction of sp³-hybridized carbons (Fsp3) is 0.0952. The van der Waals surface area contributed by atoms with E-state index in [4.69, 9.17) is 0 Å². The Balaban J connectivity index is 1.52. The van der Waals surface area contributed by atoms with E-state index in [9.17, 15) is 9.59 Å². The molecular formula is C21H16N2O3S. The fourth-order valence-electron chi connectivity index (χ4n) is 2.95. The molecule has 2 aromatic heterocycles. The van der Waals surface area contributed by atoms with Crippen LogP contribution >= 0.6 is 11.3 Å². The minimum Gasteiger partial charge on any atom is -0.464 e. The molecule has 2 aromatic carbocycles. The molecule has 134 valence electrons. The third-order valence-corrected chi connectivity index (χ3v) is 5.20. The molecule has 0 aliphatic heterocycles. The Labute approximate surface area is 159 Å². The fourth-order valence-corrected chi connectivity index (χ4v) is 3.75. The monoisotopic (exact) mass is 376 g/mol. The van der Waals surface area contributed by atoms with Crippen molar-refractivity contribution in [2.24, 2.45) is 0 Å². The quantitative estimate of drug-likeness (QED) is 0.418. The molecule has 0 atom stereocenters. The Morgan fingerprint density at radius 1 is 1.11 bits per heavy atom. The Bertz CT molecular complexity index is 1130. The van der Waals surface area contributed by atoms with Crippen molar-refractivity contribution in [3.05, 3.63) is 87.5 Å². The van der Waals surface area contributed by atoms with Gasteiger partial charge < -0.3 is 9.72 Å². The number of nitrogens with zero attached hydrogens (tertiary/aromatic N) is 1. The number of ether oxygens (including phenoxy) is 1. The SMILES string of the molecule is COC(=O)c1csc(Cc2ccc(C(=O)c3c[nH]c4ccccc34)cc2)n1. The molecule has 27 heavy (non-hydrogen) atoms. The van der Waals surface area contributed by atoms with E-state index in [1.165, 1.54) is 18.4 Å². The van der Waals surface area contributed by atoms with Gasteiger partial charge in [-0.15, -0.1) is 11.3 Å². The zero-order chi connectivity index (χ0) is 18.8. The number of thiazole rings is 1. The number of aromatic amines is 1. The normalized spacial score (nSPS) is 10.9. The molecule has 2 heterocycles. The second-order valence-electron chi connectivity index (χ2n) is 6.07. The van der Waals surface area contributed by atoms with Crippen molar-refractivity contribution in [3.8, 4) is 0 Å². The van der Waals surface area contributed by atoms with Crippen LogP contribution in [0.4, 0.5) is 0 Å². The minimum atomic E-state index is -0.433. The van der Waals surface area contributed by atoms with Gasteiger partial charge in [-0.05, 0) is 11.6 Å². The van der Waals surface area contributed by atoms with Crippen molar-refractivity contribution < 1.29 is 14.3 Å². The van der Waals surface area contributed by atoms with Gasteiger partial charge in [0.25, 0.3) is 0 Å². The van der Waals surface area contributed by atoms with E-state index in [0.29, 0.717) is 23.2 Å². The molecule has 0 fully saturated rings. The van der Waals surface area contributed by atoms with Gasteiger partial charge in [0.05, 0.1) is 12.1 Å². The van der Waals surface area contributed by atoms with E-state index in [-0.39, 0.29) is 5.78 Å². The largest absolute Gasteiger partial charge is 0.464 e. The lowest BCUT2D eigenvalue weighted by Crippen LogP contribution is -2.02. The van der Waals surface area contributed by atoms with Crippen LogP contribution in [0.25, 0.3) is 10.9 Å². The minimum absolute atomic E-state index is 0.0128. The van der Waals surface area contributed by atoms with Crippen molar-refractivity contribution in [2.75, 3.05) is 7.11 Å². The number of carbonyl (C=O) groups excluding carboxylic acids is 2. The van der Waals surface area contributed by atoms with Gasteiger partial charge in [0, 0.05) is 40.0 Å².